The number of hydrogen-bond donors (Lipinski definition) is 1. The second-order valence-electron chi connectivity index (χ2n) is 9.77. The summed E-state index contributed by atoms with van der Waals surface area (Å²) >= 11 is 2.12. The molecule has 0 aliphatic carbocycles. The smallest absolute Gasteiger partial charge is 0.343 e. The van der Waals surface area contributed by atoms with Crippen molar-refractivity contribution in [1.29, 1.82) is 0 Å². The van der Waals surface area contributed by atoms with Crippen LogP contribution in [-0.4, -0.2) is 69.2 Å². The number of benzene rings is 1. The van der Waals surface area contributed by atoms with Crippen LogP contribution in [0.3, 0.4) is 0 Å². The van der Waals surface area contributed by atoms with E-state index in [1.54, 1.807) is 10.7 Å². The van der Waals surface area contributed by atoms with Crippen LogP contribution in [0.5, 0.6) is 0 Å². The Balaban J connectivity index is 1.56. The highest BCUT2D eigenvalue weighted by Crippen LogP contribution is 2.36. The predicted octanol–water partition coefficient (Wildman–Crippen LogP) is 3.69. The zero-order chi connectivity index (χ0) is 27.0. The van der Waals surface area contributed by atoms with Crippen molar-refractivity contribution < 1.29 is 9.21 Å². The Kier molecular flexibility index (Phi) is 7.48. The van der Waals surface area contributed by atoms with E-state index in [1.807, 2.05) is 44.1 Å². The molecule has 0 bridgehead atoms. The van der Waals surface area contributed by atoms with E-state index in [-0.39, 0.29) is 5.91 Å². The minimum absolute atomic E-state index is 0.162. The first-order chi connectivity index (χ1) is 18.3. The molecule has 0 saturated heterocycles. The van der Waals surface area contributed by atoms with Gasteiger partial charge in [0.05, 0.1) is 10.8 Å². The molecule has 10 nitrogen and oxygen atoms in total. The fourth-order valence-corrected chi connectivity index (χ4v) is 5.75. The number of nitrogens with two attached hydrogens (primary N) is 1. The van der Waals surface area contributed by atoms with Crippen LogP contribution in [0.15, 0.2) is 45.9 Å². The van der Waals surface area contributed by atoms with E-state index in [2.05, 4.69) is 48.6 Å². The SMILES string of the molecule is CC(c1oc(=O)c2ccccc2c1C1=CCN(C(=O)CCCN(C)C)CC1)n1nc(I)c2c(N)ncnc21. The Labute approximate surface area is 233 Å². The maximum Gasteiger partial charge on any atom is 0.343 e. The van der Waals surface area contributed by atoms with Crippen molar-refractivity contribution in [3.63, 3.8) is 0 Å². The van der Waals surface area contributed by atoms with Gasteiger partial charge in [-0.05, 0) is 80.0 Å². The number of nitrogen functional groups attached to an aromatic ring is 1. The van der Waals surface area contributed by atoms with E-state index in [4.69, 9.17) is 10.2 Å². The van der Waals surface area contributed by atoms with Gasteiger partial charge >= 0.3 is 5.63 Å². The number of carbonyl (C=O) groups excluding carboxylic acids is 1. The molecule has 0 saturated carbocycles. The summed E-state index contributed by atoms with van der Waals surface area (Å²) in [7, 11) is 4.02. The molecule has 1 unspecified atom stereocenters. The van der Waals surface area contributed by atoms with Crippen LogP contribution in [0.1, 0.15) is 43.6 Å². The van der Waals surface area contributed by atoms with Gasteiger partial charge in [-0.3, -0.25) is 4.79 Å². The molecule has 4 heterocycles. The molecule has 1 atom stereocenters. The van der Waals surface area contributed by atoms with Crippen LogP contribution in [0.25, 0.3) is 27.4 Å². The van der Waals surface area contributed by atoms with Gasteiger partial charge < -0.3 is 20.0 Å². The summed E-state index contributed by atoms with van der Waals surface area (Å²) in [6.45, 7) is 3.94. The Hall–Kier alpha value is -3.32. The summed E-state index contributed by atoms with van der Waals surface area (Å²) in [6.07, 6.45) is 5.51. The third-order valence-electron chi connectivity index (χ3n) is 6.97. The molecule has 0 radical (unpaired) electrons. The summed E-state index contributed by atoms with van der Waals surface area (Å²) in [5.74, 6) is 1.02. The first-order valence-electron chi connectivity index (χ1n) is 12.6. The van der Waals surface area contributed by atoms with E-state index in [0.717, 1.165) is 29.5 Å². The fraction of sp³-hybridized carbons (Fsp3) is 0.370. The molecule has 0 spiro atoms. The van der Waals surface area contributed by atoms with E-state index < -0.39 is 11.7 Å². The molecule has 2 N–H and O–H groups in total. The zero-order valence-electron chi connectivity index (χ0n) is 21.6. The molecule has 1 aliphatic heterocycles. The quantitative estimate of drug-likeness (QED) is 0.308. The first-order valence-corrected chi connectivity index (χ1v) is 13.7. The molecular weight excluding hydrogens is 597 g/mol. The molecule has 11 heteroatoms. The Morgan fingerprint density at radius 2 is 2.00 bits per heavy atom. The van der Waals surface area contributed by atoms with Crippen molar-refractivity contribution in [3.05, 3.63) is 62.1 Å². The molecular formula is C27H30IN7O3. The first kappa shape index (κ1) is 26.3. The highest BCUT2D eigenvalue weighted by molar-refractivity contribution is 14.1. The van der Waals surface area contributed by atoms with Crippen LogP contribution in [0.4, 0.5) is 5.82 Å². The molecule has 38 heavy (non-hydrogen) atoms. The second kappa shape index (κ2) is 10.8. The lowest BCUT2D eigenvalue weighted by Crippen LogP contribution is -2.35. The molecule has 3 aromatic heterocycles. The predicted molar refractivity (Wildman–Crippen MR) is 156 cm³/mol. The minimum Gasteiger partial charge on any atom is -0.424 e. The van der Waals surface area contributed by atoms with Gasteiger partial charge in [0.1, 0.15) is 27.6 Å². The number of amides is 1. The van der Waals surface area contributed by atoms with Gasteiger partial charge in [-0.15, -0.1) is 0 Å². The monoisotopic (exact) mass is 627 g/mol. The van der Waals surface area contributed by atoms with Gasteiger partial charge in [0.2, 0.25) is 5.91 Å². The Bertz CT molecular complexity index is 1610. The highest BCUT2D eigenvalue weighted by atomic mass is 127. The molecule has 4 aromatic rings. The van der Waals surface area contributed by atoms with Gasteiger partial charge in [0.25, 0.3) is 0 Å². The summed E-state index contributed by atoms with van der Waals surface area (Å²) in [4.78, 5) is 38.3. The summed E-state index contributed by atoms with van der Waals surface area (Å²) < 4.78 is 8.42. The minimum atomic E-state index is -0.450. The normalized spacial score (nSPS) is 14.9. The summed E-state index contributed by atoms with van der Waals surface area (Å²) in [5.41, 5.74) is 8.20. The lowest BCUT2D eigenvalue weighted by atomic mass is 9.92. The summed E-state index contributed by atoms with van der Waals surface area (Å²) in [6, 6.07) is 7.03. The zero-order valence-corrected chi connectivity index (χ0v) is 23.8. The van der Waals surface area contributed by atoms with Crippen molar-refractivity contribution in [2.75, 3.05) is 39.5 Å². The molecule has 1 amide bonds. The lowest BCUT2D eigenvalue weighted by Gasteiger charge is -2.28. The maximum absolute atomic E-state index is 13.1. The van der Waals surface area contributed by atoms with Gasteiger partial charge in [-0.1, -0.05) is 24.3 Å². The Morgan fingerprint density at radius 1 is 1.24 bits per heavy atom. The molecule has 1 aromatic carbocycles. The van der Waals surface area contributed by atoms with Crippen LogP contribution in [0.2, 0.25) is 0 Å². The standard InChI is InChI=1S/C27H30IN7O3/c1-16(35-26-22(24(28)32-35)25(29)30-15-31-26)23-21(18-7-4-5-8-19(18)27(37)38-23)17-10-13-34(14-11-17)20(36)9-6-12-33(2)3/h4-5,7-8,10,15-16H,6,9,11-14H2,1-3H3,(H2,29,30,31). The number of carbonyl (C=O) groups is 1. The number of hydrogen-bond acceptors (Lipinski definition) is 8. The highest BCUT2D eigenvalue weighted by Gasteiger charge is 2.28. The van der Waals surface area contributed by atoms with Crippen LogP contribution >= 0.6 is 22.6 Å². The molecule has 0 fully saturated rings. The fourth-order valence-electron chi connectivity index (χ4n) is 5.00. The van der Waals surface area contributed by atoms with Crippen molar-refractivity contribution in [2.24, 2.45) is 0 Å². The maximum atomic E-state index is 13.1. The number of halogens is 1. The van der Waals surface area contributed by atoms with E-state index in [1.165, 1.54) is 6.33 Å². The van der Waals surface area contributed by atoms with E-state index >= 15 is 0 Å². The van der Waals surface area contributed by atoms with E-state index in [0.29, 0.717) is 57.6 Å². The summed E-state index contributed by atoms with van der Waals surface area (Å²) in [5, 5.41) is 6.70. The van der Waals surface area contributed by atoms with Crippen molar-refractivity contribution in [2.45, 2.75) is 32.2 Å². The van der Waals surface area contributed by atoms with Gasteiger partial charge in [-0.25, -0.2) is 19.4 Å². The molecule has 198 valence electrons. The average Bonchev–Trinajstić information content (AvgIpc) is 3.25. The number of rotatable bonds is 7. The Morgan fingerprint density at radius 3 is 2.71 bits per heavy atom. The number of fused-ring (bicyclic) bond motifs is 2. The second-order valence-corrected chi connectivity index (χ2v) is 10.8. The third-order valence-corrected chi connectivity index (χ3v) is 7.72. The van der Waals surface area contributed by atoms with Crippen LogP contribution in [0, 0.1) is 3.70 Å². The average molecular weight is 627 g/mol. The largest absolute Gasteiger partial charge is 0.424 e. The number of nitrogens with zero attached hydrogens (tertiary/aromatic N) is 6. The van der Waals surface area contributed by atoms with Gasteiger partial charge in [0, 0.05) is 25.1 Å². The van der Waals surface area contributed by atoms with Crippen molar-refractivity contribution >= 4 is 61.7 Å². The van der Waals surface area contributed by atoms with Crippen LogP contribution < -0.4 is 11.4 Å². The van der Waals surface area contributed by atoms with E-state index in [9.17, 15) is 9.59 Å². The topological polar surface area (TPSA) is 123 Å². The lowest BCUT2D eigenvalue weighted by molar-refractivity contribution is -0.130. The molecule has 1 aliphatic rings. The van der Waals surface area contributed by atoms with Crippen LogP contribution in [-0.2, 0) is 4.79 Å². The molecule has 5 rings (SSSR count). The van der Waals surface area contributed by atoms with Crippen molar-refractivity contribution in [1.82, 2.24) is 29.5 Å². The number of aromatic nitrogens is 4. The third kappa shape index (κ3) is 4.92. The number of anilines is 1. The van der Waals surface area contributed by atoms with Gasteiger partial charge in [0.15, 0.2) is 5.65 Å². The van der Waals surface area contributed by atoms with Gasteiger partial charge in [-0.2, -0.15) is 5.10 Å². The van der Waals surface area contributed by atoms with Crippen molar-refractivity contribution in [3.8, 4) is 0 Å².